The van der Waals surface area contributed by atoms with Crippen LogP contribution in [0, 0.1) is 0 Å². The molecule has 21 heavy (non-hydrogen) atoms. The predicted molar refractivity (Wildman–Crippen MR) is 80.1 cm³/mol. The maximum absolute atomic E-state index is 12.0. The quantitative estimate of drug-likeness (QED) is 0.394. The first-order chi connectivity index (χ1) is 10.1. The molecule has 6 nitrogen and oxygen atoms in total. The Morgan fingerprint density at radius 2 is 1.71 bits per heavy atom. The maximum Gasteiger partial charge on any atom is 0.354 e. The fraction of sp³-hybridized carbons (Fsp3) is 0.714. The minimum Gasteiger partial charge on any atom is -0.463 e. The van der Waals surface area contributed by atoms with E-state index in [0.717, 1.165) is 19.6 Å². The Morgan fingerprint density at radius 3 is 2.24 bits per heavy atom. The molecule has 1 heterocycles. The topological polar surface area (TPSA) is 59.1 Å². The number of halogens is 1. The summed E-state index contributed by atoms with van der Waals surface area (Å²) in [6.07, 6.45) is 1.22. The van der Waals surface area contributed by atoms with Crippen LogP contribution in [0.1, 0.15) is 13.8 Å². The van der Waals surface area contributed by atoms with Gasteiger partial charge in [-0.05, 0) is 13.8 Å². The molecule has 1 fully saturated rings. The van der Waals surface area contributed by atoms with E-state index in [1.165, 1.54) is 6.08 Å². The summed E-state index contributed by atoms with van der Waals surface area (Å²) in [5, 5.41) is 0. The zero-order chi connectivity index (χ0) is 15.7. The molecule has 0 unspecified atom stereocenters. The molecule has 1 aliphatic heterocycles. The molecule has 1 aliphatic rings. The fourth-order valence-corrected chi connectivity index (χ4v) is 2.35. The summed E-state index contributed by atoms with van der Waals surface area (Å²) in [6, 6.07) is 0. The van der Waals surface area contributed by atoms with E-state index in [1.54, 1.807) is 13.8 Å². The number of hydrogen-bond acceptors (Lipinski definition) is 6. The minimum absolute atomic E-state index is 0.265. The van der Waals surface area contributed by atoms with E-state index in [-0.39, 0.29) is 18.9 Å². The van der Waals surface area contributed by atoms with Crippen LogP contribution in [0.2, 0.25) is 0 Å². The van der Waals surface area contributed by atoms with Crippen LogP contribution in [0.5, 0.6) is 0 Å². The van der Waals surface area contributed by atoms with Crippen molar-refractivity contribution in [3.05, 3.63) is 11.8 Å². The molecule has 120 valence electrons. The van der Waals surface area contributed by atoms with Gasteiger partial charge in [0, 0.05) is 38.6 Å². The number of esters is 2. The molecule has 1 saturated heterocycles. The van der Waals surface area contributed by atoms with Crippen molar-refractivity contribution in [2.75, 3.05) is 51.8 Å². The van der Waals surface area contributed by atoms with Crippen molar-refractivity contribution < 1.29 is 19.1 Å². The van der Waals surface area contributed by atoms with E-state index < -0.39 is 11.9 Å². The summed E-state index contributed by atoms with van der Waals surface area (Å²) in [5.74, 6) is -0.427. The van der Waals surface area contributed by atoms with Crippen molar-refractivity contribution in [1.29, 1.82) is 0 Å². The number of rotatable bonds is 7. The highest BCUT2D eigenvalue weighted by molar-refractivity contribution is 6.18. The zero-order valence-corrected chi connectivity index (χ0v) is 13.4. The number of alkyl halides is 1. The average Bonchev–Trinajstić information content (AvgIpc) is 2.47. The van der Waals surface area contributed by atoms with Crippen LogP contribution < -0.4 is 0 Å². The van der Waals surface area contributed by atoms with E-state index in [0.29, 0.717) is 19.0 Å². The lowest BCUT2D eigenvalue weighted by molar-refractivity contribution is -0.142. The Hall–Kier alpha value is -1.27. The van der Waals surface area contributed by atoms with Gasteiger partial charge in [0.25, 0.3) is 0 Å². The lowest BCUT2D eigenvalue weighted by atomic mass is 10.2. The van der Waals surface area contributed by atoms with Crippen molar-refractivity contribution in [3.8, 4) is 0 Å². The van der Waals surface area contributed by atoms with Gasteiger partial charge in [-0.15, -0.1) is 11.6 Å². The second kappa shape index (κ2) is 9.63. The maximum atomic E-state index is 12.0. The third-order valence-corrected chi connectivity index (χ3v) is 3.31. The summed E-state index contributed by atoms with van der Waals surface area (Å²) in [6.45, 7) is 7.73. The van der Waals surface area contributed by atoms with E-state index in [9.17, 15) is 9.59 Å². The molecule has 0 aromatic heterocycles. The lowest BCUT2D eigenvalue weighted by Crippen LogP contribution is -2.47. The van der Waals surface area contributed by atoms with E-state index in [4.69, 9.17) is 21.1 Å². The molecule has 0 spiro atoms. The van der Waals surface area contributed by atoms with Gasteiger partial charge in [0.1, 0.15) is 5.70 Å². The van der Waals surface area contributed by atoms with Gasteiger partial charge in [-0.25, -0.2) is 9.59 Å². The highest BCUT2D eigenvalue weighted by atomic mass is 35.5. The number of nitrogens with zero attached hydrogens (tertiary/aromatic N) is 2. The number of piperazine rings is 1. The van der Waals surface area contributed by atoms with Gasteiger partial charge in [0.15, 0.2) is 0 Å². The van der Waals surface area contributed by atoms with Crippen LogP contribution in [-0.2, 0) is 19.1 Å². The molecule has 7 heteroatoms. The Balaban J connectivity index is 2.73. The molecule has 0 aromatic carbocycles. The normalized spacial score (nSPS) is 16.7. The Kier molecular flexibility index (Phi) is 8.15. The van der Waals surface area contributed by atoms with Crippen LogP contribution in [0.15, 0.2) is 11.8 Å². The Morgan fingerprint density at radius 1 is 1.10 bits per heavy atom. The van der Waals surface area contributed by atoms with Crippen molar-refractivity contribution in [1.82, 2.24) is 9.80 Å². The van der Waals surface area contributed by atoms with Crippen LogP contribution in [0.25, 0.3) is 0 Å². The molecule has 1 rings (SSSR count). The Labute approximate surface area is 130 Å². The van der Waals surface area contributed by atoms with Gasteiger partial charge in [0.05, 0.1) is 19.3 Å². The van der Waals surface area contributed by atoms with E-state index in [2.05, 4.69) is 4.90 Å². The molecule has 0 aliphatic carbocycles. The third-order valence-electron chi connectivity index (χ3n) is 3.14. The van der Waals surface area contributed by atoms with Crippen LogP contribution >= 0.6 is 11.6 Å². The third kappa shape index (κ3) is 5.93. The van der Waals surface area contributed by atoms with Crippen LogP contribution in [-0.4, -0.2) is 73.6 Å². The van der Waals surface area contributed by atoms with E-state index in [1.807, 2.05) is 4.90 Å². The predicted octanol–water partition coefficient (Wildman–Crippen LogP) is 0.853. The van der Waals surface area contributed by atoms with Gasteiger partial charge in [-0.2, -0.15) is 0 Å². The molecule has 0 aromatic rings. The van der Waals surface area contributed by atoms with Crippen LogP contribution in [0.3, 0.4) is 0 Å². The van der Waals surface area contributed by atoms with Crippen molar-refractivity contribution in [2.24, 2.45) is 0 Å². The Bertz CT molecular complexity index is 379. The molecule has 0 bridgehead atoms. The number of ether oxygens (including phenoxy) is 2. The first kappa shape index (κ1) is 17.8. The molecule has 0 amide bonds. The summed E-state index contributed by atoms with van der Waals surface area (Å²) in [5.41, 5.74) is 0.265. The lowest BCUT2D eigenvalue weighted by Gasteiger charge is -2.36. The molecule has 0 atom stereocenters. The molecule has 0 radical (unpaired) electrons. The second-order valence-corrected chi connectivity index (χ2v) is 4.90. The summed E-state index contributed by atoms with van der Waals surface area (Å²) in [4.78, 5) is 27.7. The molecule has 0 saturated carbocycles. The summed E-state index contributed by atoms with van der Waals surface area (Å²) < 4.78 is 9.89. The van der Waals surface area contributed by atoms with Gasteiger partial charge in [-0.3, -0.25) is 4.90 Å². The number of carbonyl (C=O) groups is 2. The van der Waals surface area contributed by atoms with Gasteiger partial charge >= 0.3 is 11.9 Å². The SMILES string of the molecule is CCOC(=O)/C=C(\C(=O)OCC)N1CCN(CCCl)CC1. The number of carbonyl (C=O) groups excluding carboxylic acids is 2. The zero-order valence-electron chi connectivity index (χ0n) is 12.6. The monoisotopic (exact) mass is 318 g/mol. The second-order valence-electron chi connectivity index (χ2n) is 4.52. The highest BCUT2D eigenvalue weighted by Gasteiger charge is 2.24. The summed E-state index contributed by atoms with van der Waals surface area (Å²) in [7, 11) is 0. The largest absolute Gasteiger partial charge is 0.463 e. The minimum atomic E-state index is -0.524. The number of hydrogen-bond donors (Lipinski definition) is 0. The van der Waals surface area contributed by atoms with Crippen molar-refractivity contribution >= 4 is 23.5 Å². The first-order valence-corrected chi connectivity index (χ1v) is 7.74. The molecular weight excluding hydrogens is 296 g/mol. The van der Waals surface area contributed by atoms with Gasteiger partial charge in [0.2, 0.25) is 0 Å². The van der Waals surface area contributed by atoms with Gasteiger partial charge < -0.3 is 14.4 Å². The molecular formula is C14H23ClN2O4. The van der Waals surface area contributed by atoms with Crippen molar-refractivity contribution in [3.63, 3.8) is 0 Å². The molecule has 0 N–H and O–H groups in total. The van der Waals surface area contributed by atoms with E-state index >= 15 is 0 Å². The fourth-order valence-electron chi connectivity index (χ4n) is 2.11. The van der Waals surface area contributed by atoms with Gasteiger partial charge in [-0.1, -0.05) is 0 Å². The first-order valence-electron chi connectivity index (χ1n) is 7.21. The summed E-state index contributed by atoms with van der Waals surface area (Å²) >= 11 is 5.73. The average molecular weight is 319 g/mol. The standard InChI is InChI=1S/C14H23ClN2O4/c1-3-20-13(18)11-12(14(19)21-4-2)17-9-7-16(6-5-15)8-10-17/h11H,3-10H2,1-2H3/b12-11+. The van der Waals surface area contributed by atoms with Crippen molar-refractivity contribution in [2.45, 2.75) is 13.8 Å². The van der Waals surface area contributed by atoms with Crippen LogP contribution in [0.4, 0.5) is 0 Å². The highest BCUT2D eigenvalue weighted by Crippen LogP contribution is 2.12. The smallest absolute Gasteiger partial charge is 0.354 e.